The van der Waals surface area contributed by atoms with Gasteiger partial charge in [0.1, 0.15) is 0 Å². The molecule has 0 amide bonds. The predicted molar refractivity (Wildman–Crippen MR) is 90.8 cm³/mol. The molecule has 24 heavy (non-hydrogen) atoms. The van der Waals surface area contributed by atoms with Crippen LogP contribution in [0.15, 0.2) is 74.9 Å². The predicted octanol–water partition coefficient (Wildman–Crippen LogP) is 1.98. The standard InChI is InChI=1S/C16H14N2O4S2/c1-12-6-8-13(9-7-12)24(21,22)18-17-15-10-11-23(19,20)16-5-3-2-4-14(15)16/h2-11,18H,1H3/b17-15-. The number of hydrogen-bond donors (Lipinski definition) is 1. The maximum atomic E-state index is 12.3. The van der Waals surface area contributed by atoms with E-state index in [1.54, 1.807) is 30.3 Å². The third-order valence-electron chi connectivity index (χ3n) is 3.49. The zero-order valence-corrected chi connectivity index (χ0v) is 14.3. The summed E-state index contributed by atoms with van der Waals surface area (Å²) in [5, 5.41) is 4.90. The second-order valence-electron chi connectivity index (χ2n) is 5.25. The smallest absolute Gasteiger partial charge is 0.219 e. The maximum absolute atomic E-state index is 12.3. The second kappa shape index (κ2) is 5.88. The van der Waals surface area contributed by atoms with E-state index in [0.29, 0.717) is 5.56 Å². The molecule has 0 saturated heterocycles. The molecule has 124 valence electrons. The van der Waals surface area contributed by atoms with Crippen LogP contribution in [0.3, 0.4) is 0 Å². The summed E-state index contributed by atoms with van der Waals surface area (Å²) < 4.78 is 48.5. The molecule has 1 heterocycles. The third-order valence-corrected chi connectivity index (χ3v) is 6.18. The van der Waals surface area contributed by atoms with Gasteiger partial charge in [-0.2, -0.15) is 18.4 Å². The van der Waals surface area contributed by atoms with Crippen molar-refractivity contribution in [1.82, 2.24) is 4.83 Å². The summed E-state index contributed by atoms with van der Waals surface area (Å²) in [7, 11) is -7.35. The van der Waals surface area contributed by atoms with Crippen LogP contribution >= 0.6 is 0 Å². The minimum atomic E-state index is -3.83. The summed E-state index contributed by atoms with van der Waals surface area (Å²) in [5.74, 6) is 0. The molecular weight excluding hydrogens is 348 g/mol. The number of sulfonamides is 1. The third kappa shape index (κ3) is 3.10. The zero-order chi connectivity index (χ0) is 17.4. The molecule has 0 aliphatic carbocycles. The Bertz CT molecular complexity index is 1050. The molecule has 0 saturated carbocycles. The van der Waals surface area contributed by atoms with E-state index in [4.69, 9.17) is 0 Å². The molecule has 0 radical (unpaired) electrons. The summed E-state index contributed by atoms with van der Waals surface area (Å²) in [5.41, 5.74) is 1.53. The molecule has 0 fully saturated rings. The maximum Gasteiger partial charge on any atom is 0.276 e. The molecule has 3 rings (SSSR count). The molecule has 0 atom stereocenters. The Hall–Kier alpha value is -2.45. The van der Waals surface area contributed by atoms with Crippen LogP contribution in [0.1, 0.15) is 11.1 Å². The number of nitrogens with one attached hydrogen (secondary N) is 1. The van der Waals surface area contributed by atoms with Crippen molar-refractivity contribution in [2.75, 3.05) is 0 Å². The molecule has 2 aromatic carbocycles. The molecule has 1 aliphatic heterocycles. The highest BCUT2D eigenvalue weighted by Gasteiger charge is 2.23. The molecule has 6 nitrogen and oxygen atoms in total. The molecule has 0 aromatic heterocycles. The lowest BCUT2D eigenvalue weighted by Crippen LogP contribution is -2.22. The first-order valence-electron chi connectivity index (χ1n) is 6.98. The molecular formula is C16H14N2O4S2. The van der Waals surface area contributed by atoms with E-state index >= 15 is 0 Å². The molecule has 1 N–H and O–H groups in total. The quantitative estimate of drug-likeness (QED) is 0.845. The fraction of sp³-hybridized carbons (Fsp3) is 0.0625. The van der Waals surface area contributed by atoms with Gasteiger partial charge in [0.25, 0.3) is 10.0 Å². The fourth-order valence-corrected chi connectivity index (χ4v) is 4.24. The highest BCUT2D eigenvalue weighted by Crippen LogP contribution is 2.23. The van der Waals surface area contributed by atoms with Crippen LogP contribution in [0.25, 0.3) is 0 Å². The second-order valence-corrected chi connectivity index (χ2v) is 8.71. The monoisotopic (exact) mass is 362 g/mol. The van der Waals surface area contributed by atoms with Gasteiger partial charge in [0.2, 0.25) is 9.84 Å². The van der Waals surface area contributed by atoms with Crippen molar-refractivity contribution < 1.29 is 16.8 Å². The molecule has 0 bridgehead atoms. The van der Waals surface area contributed by atoms with Gasteiger partial charge in [-0.05, 0) is 31.2 Å². The normalized spacial score (nSPS) is 17.5. The molecule has 8 heteroatoms. The number of hydrazone groups is 1. The lowest BCUT2D eigenvalue weighted by molar-refractivity contribution is 0.584. The van der Waals surface area contributed by atoms with Gasteiger partial charge < -0.3 is 0 Å². The van der Waals surface area contributed by atoms with Crippen molar-refractivity contribution in [1.29, 1.82) is 0 Å². The van der Waals surface area contributed by atoms with E-state index in [9.17, 15) is 16.8 Å². The van der Waals surface area contributed by atoms with Crippen molar-refractivity contribution in [2.24, 2.45) is 5.10 Å². The highest BCUT2D eigenvalue weighted by molar-refractivity contribution is 7.94. The van der Waals surface area contributed by atoms with Crippen LogP contribution in [0.5, 0.6) is 0 Å². The van der Waals surface area contributed by atoms with E-state index in [0.717, 1.165) is 11.0 Å². The van der Waals surface area contributed by atoms with Gasteiger partial charge in [-0.25, -0.2) is 8.42 Å². The van der Waals surface area contributed by atoms with Crippen LogP contribution in [0, 0.1) is 6.92 Å². The van der Waals surface area contributed by atoms with Gasteiger partial charge in [-0.1, -0.05) is 35.9 Å². The SMILES string of the molecule is Cc1ccc(S(=O)(=O)N/N=C2/C=CS(=O)(=O)c3ccccc32)cc1. The number of hydrogen-bond acceptors (Lipinski definition) is 5. The van der Waals surface area contributed by atoms with Gasteiger partial charge in [0.05, 0.1) is 15.5 Å². The number of allylic oxidation sites excluding steroid dienone is 1. The molecule has 1 aliphatic rings. The van der Waals surface area contributed by atoms with Crippen molar-refractivity contribution in [3.8, 4) is 0 Å². The summed E-state index contributed by atoms with van der Waals surface area (Å²) in [6.45, 7) is 1.86. The van der Waals surface area contributed by atoms with Crippen LogP contribution < -0.4 is 4.83 Å². The topological polar surface area (TPSA) is 92.7 Å². The summed E-state index contributed by atoms with van der Waals surface area (Å²) in [6, 6.07) is 12.6. The van der Waals surface area contributed by atoms with Crippen molar-refractivity contribution >= 4 is 25.6 Å². The Morgan fingerprint density at radius 1 is 1.00 bits per heavy atom. The minimum Gasteiger partial charge on any atom is -0.219 e. The Morgan fingerprint density at radius 2 is 1.67 bits per heavy atom. The lowest BCUT2D eigenvalue weighted by atomic mass is 10.1. The van der Waals surface area contributed by atoms with Gasteiger partial charge in [0.15, 0.2) is 0 Å². The van der Waals surface area contributed by atoms with Gasteiger partial charge in [0, 0.05) is 11.0 Å². The highest BCUT2D eigenvalue weighted by atomic mass is 32.2. The summed E-state index contributed by atoms with van der Waals surface area (Å²) in [6.07, 6.45) is 1.27. The van der Waals surface area contributed by atoms with E-state index < -0.39 is 19.9 Å². The first kappa shape index (κ1) is 16.4. The van der Waals surface area contributed by atoms with Crippen LogP contribution in [0.2, 0.25) is 0 Å². The van der Waals surface area contributed by atoms with Crippen molar-refractivity contribution in [2.45, 2.75) is 16.7 Å². The average Bonchev–Trinajstić information content (AvgIpc) is 2.55. The van der Waals surface area contributed by atoms with Crippen LogP contribution in [-0.2, 0) is 19.9 Å². The van der Waals surface area contributed by atoms with Crippen molar-refractivity contribution in [3.05, 3.63) is 71.1 Å². The Kier molecular flexibility index (Phi) is 4.02. The van der Waals surface area contributed by atoms with E-state index in [1.807, 2.05) is 6.92 Å². The van der Waals surface area contributed by atoms with E-state index in [2.05, 4.69) is 9.93 Å². The first-order chi connectivity index (χ1) is 11.3. The van der Waals surface area contributed by atoms with E-state index in [-0.39, 0.29) is 15.5 Å². The first-order valence-corrected chi connectivity index (χ1v) is 10.0. The molecule has 2 aromatic rings. The zero-order valence-electron chi connectivity index (χ0n) is 12.7. The number of benzene rings is 2. The number of rotatable bonds is 3. The van der Waals surface area contributed by atoms with Gasteiger partial charge in [-0.3, -0.25) is 0 Å². The number of nitrogens with zero attached hydrogens (tertiary/aromatic N) is 1. The Morgan fingerprint density at radius 3 is 2.38 bits per heavy atom. The summed E-state index contributed by atoms with van der Waals surface area (Å²) in [4.78, 5) is 2.33. The number of aryl methyl sites for hydroxylation is 1. The largest absolute Gasteiger partial charge is 0.276 e. The fourth-order valence-electron chi connectivity index (χ4n) is 2.22. The molecule has 0 spiro atoms. The lowest BCUT2D eigenvalue weighted by Gasteiger charge is -2.13. The number of sulfone groups is 1. The minimum absolute atomic E-state index is 0.0816. The van der Waals surface area contributed by atoms with Crippen LogP contribution in [0.4, 0.5) is 0 Å². The van der Waals surface area contributed by atoms with Crippen molar-refractivity contribution in [3.63, 3.8) is 0 Å². The number of fused-ring (bicyclic) bond motifs is 1. The average molecular weight is 362 g/mol. The van der Waals surface area contributed by atoms with E-state index in [1.165, 1.54) is 24.3 Å². The van der Waals surface area contributed by atoms with Gasteiger partial charge in [-0.15, -0.1) is 0 Å². The van der Waals surface area contributed by atoms with Gasteiger partial charge >= 0.3 is 0 Å². The summed E-state index contributed by atoms with van der Waals surface area (Å²) >= 11 is 0. The Labute approximate surface area is 140 Å². The Balaban J connectivity index is 1.97. The van der Waals surface area contributed by atoms with Crippen LogP contribution in [-0.4, -0.2) is 22.5 Å². The molecule has 0 unspecified atom stereocenters.